The maximum atomic E-state index is 13.1. The van der Waals surface area contributed by atoms with Crippen molar-refractivity contribution in [3.8, 4) is 0 Å². The summed E-state index contributed by atoms with van der Waals surface area (Å²) in [5.41, 5.74) is 0. The van der Waals surface area contributed by atoms with Gasteiger partial charge in [-0.25, -0.2) is 9.13 Å². The molecule has 0 rings (SSSR count). The molecular formula is C80H156O17P2. The summed E-state index contributed by atoms with van der Waals surface area (Å²) >= 11 is 0. The van der Waals surface area contributed by atoms with Gasteiger partial charge in [-0.3, -0.25) is 37.3 Å². The fourth-order valence-corrected chi connectivity index (χ4v) is 14.0. The summed E-state index contributed by atoms with van der Waals surface area (Å²) in [7, 11) is -9.92. The molecule has 0 aromatic carbocycles. The molecule has 0 aromatic heterocycles. The second-order valence-electron chi connectivity index (χ2n) is 29.1. The molecule has 0 bridgehead atoms. The molecule has 0 fully saturated rings. The van der Waals surface area contributed by atoms with Crippen LogP contribution in [0.15, 0.2) is 0 Å². The van der Waals surface area contributed by atoms with Gasteiger partial charge in [0.05, 0.1) is 26.4 Å². The first-order valence-electron chi connectivity index (χ1n) is 41.7. The summed E-state index contributed by atoms with van der Waals surface area (Å²) in [5, 5.41) is 10.6. The lowest BCUT2D eigenvalue weighted by Gasteiger charge is -2.21. The smallest absolute Gasteiger partial charge is 0.462 e. The van der Waals surface area contributed by atoms with Crippen LogP contribution >= 0.6 is 15.6 Å². The first kappa shape index (κ1) is 97.1. The molecule has 0 heterocycles. The molecular weight excluding hydrogens is 1290 g/mol. The van der Waals surface area contributed by atoms with Crippen molar-refractivity contribution in [2.75, 3.05) is 39.6 Å². The van der Waals surface area contributed by atoms with E-state index in [0.29, 0.717) is 25.7 Å². The summed E-state index contributed by atoms with van der Waals surface area (Å²) in [6, 6.07) is 0. The summed E-state index contributed by atoms with van der Waals surface area (Å²) < 4.78 is 68.7. The van der Waals surface area contributed by atoms with E-state index in [1.807, 2.05) is 0 Å². The van der Waals surface area contributed by atoms with Crippen molar-refractivity contribution in [2.24, 2.45) is 5.92 Å². The molecule has 6 atom stereocenters. The van der Waals surface area contributed by atoms with Crippen LogP contribution in [-0.2, 0) is 65.4 Å². The lowest BCUT2D eigenvalue weighted by atomic mass is 9.99. The molecule has 0 saturated heterocycles. The normalized spacial score (nSPS) is 14.1. The lowest BCUT2D eigenvalue weighted by molar-refractivity contribution is -0.161. The number of phosphoric ester groups is 2. The quantitative estimate of drug-likeness (QED) is 0.0222. The molecule has 0 aromatic rings. The summed E-state index contributed by atoms with van der Waals surface area (Å²) in [6.45, 7) is 7.34. The number of rotatable bonds is 80. The molecule has 3 N–H and O–H groups in total. The van der Waals surface area contributed by atoms with E-state index in [-0.39, 0.29) is 25.7 Å². The minimum atomic E-state index is -4.96. The molecule has 0 radical (unpaired) electrons. The SMILES string of the molecule is CCCCCCCCCCCCCCCCCCCCCCC(=O)O[C@H](COC(=O)CCCCCCCCCCCCCCCCC)COP(=O)(O)OC[C@@H](O)COP(=O)(O)OC[C@@H](COC(=O)CCCCCCCCCCCC)OC(=O)CCCCCCCCCCCCC(C)CC. The molecule has 0 spiro atoms. The van der Waals surface area contributed by atoms with Crippen LogP contribution in [0.2, 0.25) is 0 Å². The van der Waals surface area contributed by atoms with Crippen molar-refractivity contribution in [3.05, 3.63) is 0 Å². The molecule has 0 aliphatic rings. The van der Waals surface area contributed by atoms with Gasteiger partial charge in [0.2, 0.25) is 0 Å². The van der Waals surface area contributed by atoms with Gasteiger partial charge in [0.1, 0.15) is 19.3 Å². The molecule has 0 aliphatic heterocycles. The zero-order chi connectivity index (χ0) is 72.7. The molecule has 3 unspecified atom stereocenters. The molecule has 99 heavy (non-hydrogen) atoms. The van der Waals surface area contributed by atoms with Crippen LogP contribution in [0.5, 0.6) is 0 Å². The van der Waals surface area contributed by atoms with Gasteiger partial charge in [0.15, 0.2) is 12.2 Å². The van der Waals surface area contributed by atoms with E-state index in [1.165, 1.54) is 250 Å². The van der Waals surface area contributed by atoms with Gasteiger partial charge >= 0.3 is 39.5 Å². The number of phosphoric acid groups is 2. The third-order valence-electron chi connectivity index (χ3n) is 19.1. The molecule has 19 heteroatoms. The average molecular weight is 1450 g/mol. The highest BCUT2D eigenvalue weighted by Gasteiger charge is 2.30. The number of hydrogen-bond acceptors (Lipinski definition) is 15. The van der Waals surface area contributed by atoms with Crippen molar-refractivity contribution in [1.29, 1.82) is 0 Å². The monoisotopic (exact) mass is 1450 g/mol. The Morgan fingerprint density at radius 2 is 0.485 bits per heavy atom. The highest BCUT2D eigenvalue weighted by molar-refractivity contribution is 7.47. The topological polar surface area (TPSA) is 237 Å². The standard InChI is InChI=1S/C80H156O17P2/c1-6-10-13-16-19-22-25-27-29-30-31-32-33-35-37-39-45-50-55-60-65-79(84)96-76(70-91-78(83)64-59-54-49-44-38-36-34-28-26-23-20-17-14-11-7-2)72-95-99(88,89)93-68-74(81)67-92-98(86,87)94-71-75(69-90-77(82)63-58-53-48-43-24-21-18-15-12-8-3)97-80(85)66-61-56-51-46-41-40-42-47-52-57-62-73(5)9-4/h73-76,81H,6-72H2,1-5H3,(H,86,87)(H,88,89)/t73?,74-,75+,76+/m0/s1. The predicted octanol–water partition coefficient (Wildman–Crippen LogP) is 24.0. The third-order valence-corrected chi connectivity index (χ3v) is 21.0. The van der Waals surface area contributed by atoms with E-state index in [9.17, 15) is 43.2 Å². The number of hydrogen-bond donors (Lipinski definition) is 3. The number of ether oxygens (including phenoxy) is 4. The molecule has 0 amide bonds. The summed E-state index contributed by atoms with van der Waals surface area (Å²) in [4.78, 5) is 73.0. The van der Waals surface area contributed by atoms with Crippen molar-refractivity contribution in [3.63, 3.8) is 0 Å². The Labute approximate surface area is 607 Å². The van der Waals surface area contributed by atoms with Crippen LogP contribution in [-0.4, -0.2) is 96.7 Å². The van der Waals surface area contributed by atoms with Gasteiger partial charge < -0.3 is 33.8 Å². The Morgan fingerprint density at radius 3 is 0.717 bits per heavy atom. The van der Waals surface area contributed by atoms with Crippen LogP contribution in [0.3, 0.4) is 0 Å². The van der Waals surface area contributed by atoms with Crippen LogP contribution < -0.4 is 0 Å². The van der Waals surface area contributed by atoms with Gasteiger partial charge in [-0.2, -0.15) is 0 Å². The van der Waals surface area contributed by atoms with Gasteiger partial charge in [0.25, 0.3) is 0 Å². The fourth-order valence-electron chi connectivity index (χ4n) is 12.4. The molecule has 17 nitrogen and oxygen atoms in total. The van der Waals surface area contributed by atoms with Crippen LogP contribution in [0.25, 0.3) is 0 Å². The molecule has 0 saturated carbocycles. The Hall–Kier alpha value is -1.94. The van der Waals surface area contributed by atoms with E-state index < -0.39 is 97.5 Å². The summed E-state index contributed by atoms with van der Waals surface area (Å²) in [5.74, 6) is -1.30. The zero-order valence-electron chi connectivity index (χ0n) is 64.6. The van der Waals surface area contributed by atoms with Crippen LogP contribution in [0.1, 0.15) is 426 Å². The predicted molar refractivity (Wildman–Crippen MR) is 405 cm³/mol. The van der Waals surface area contributed by atoms with Crippen molar-refractivity contribution in [1.82, 2.24) is 0 Å². The van der Waals surface area contributed by atoms with E-state index in [4.69, 9.17) is 37.0 Å². The number of carbonyl (C=O) groups is 4. The second kappa shape index (κ2) is 73.0. The Balaban J connectivity index is 5.23. The first-order chi connectivity index (χ1) is 48.1. The minimum Gasteiger partial charge on any atom is -0.462 e. The largest absolute Gasteiger partial charge is 0.472 e. The van der Waals surface area contributed by atoms with E-state index in [2.05, 4.69) is 34.6 Å². The average Bonchev–Trinajstić information content (AvgIpc) is 1.12. The van der Waals surface area contributed by atoms with Crippen molar-refractivity contribution >= 4 is 39.5 Å². The lowest BCUT2D eigenvalue weighted by Crippen LogP contribution is -2.30. The first-order valence-corrected chi connectivity index (χ1v) is 44.7. The Bertz CT molecular complexity index is 1890. The van der Waals surface area contributed by atoms with E-state index in [1.54, 1.807) is 0 Å². The van der Waals surface area contributed by atoms with E-state index in [0.717, 1.165) is 95.8 Å². The van der Waals surface area contributed by atoms with Gasteiger partial charge in [-0.1, -0.05) is 375 Å². The third kappa shape index (κ3) is 72.8. The van der Waals surface area contributed by atoms with Crippen LogP contribution in [0.4, 0.5) is 0 Å². The van der Waals surface area contributed by atoms with Gasteiger partial charge in [-0.15, -0.1) is 0 Å². The number of carbonyl (C=O) groups excluding carboxylic acids is 4. The van der Waals surface area contributed by atoms with Gasteiger partial charge in [-0.05, 0) is 31.6 Å². The van der Waals surface area contributed by atoms with Gasteiger partial charge in [0, 0.05) is 25.7 Å². The highest BCUT2D eigenvalue weighted by atomic mass is 31.2. The summed E-state index contributed by atoms with van der Waals surface area (Å²) in [6.07, 6.45) is 63.7. The number of unbranched alkanes of at least 4 members (excludes halogenated alkanes) is 51. The number of aliphatic hydroxyl groups excluding tert-OH is 1. The Morgan fingerprint density at radius 1 is 0.283 bits per heavy atom. The van der Waals surface area contributed by atoms with E-state index >= 15 is 0 Å². The second-order valence-corrected chi connectivity index (χ2v) is 32.0. The fraction of sp³-hybridized carbons (Fsp3) is 0.950. The van der Waals surface area contributed by atoms with Crippen LogP contribution in [0, 0.1) is 5.92 Å². The van der Waals surface area contributed by atoms with Crippen molar-refractivity contribution < 1.29 is 80.2 Å². The Kier molecular flexibility index (Phi) is 71.6. The maximum Gasteiger partial charge on any atom is 0.472 e. The zero-order valence-corrected chi connectivity index (χ0v) is 66.4. The maximum absolute atomic E-state index is 13.1. The minimum absolute atomic E-state index is 0.107. The highest BCUT2D eigenvalue weighted by Crippen LogP contribution is 2.45. The number of esters is 4. The van der Waals surface area contributed by atoms with Crippen molar-refractivity contribution in [2.45, 2.75) is 445 Å². The molecule has 0 aliphatic carbocycles. The molecule has 588 valence electrons. The number of aliphatic hydroxyl groups is 1.